The molecule has 4 heteroatoms. The Hall–Kier alpha value is -1.39. The fourth-order valence-corrected chi connectivity index (χ4v) is 2.65. The summed E-state index contributed by atoms with van der Waals surface area (Å²) in [5.74, 6) is 0.495. The fraction of sp³-hybridized carbons (Fsp3) is 0.308. The molecule has 17 heavy (non-hydrogen) atoms. The van der Waals surface area contributed by atoms with Gasteiger partial charge in [0.15, 0.2) is 0 Å². The quantitative estimate of drug-likeness (QED) is 0.874. The molecule has 0 fully saturated rings. The van der Waals surface area contributed by atoms with Gasteiger partial charge in [-0.3, -0.25) is 0 Å². The minimum absolute atomic E-state index is 0.456. The van der Waals surface area contributed by atoms with Crippen molar-refractivity contribution >= 4 is 17.2 Å². The number of anilines is 1. The van der Waals surface area contributed by atoms with Crippen LogP contribution in [0.15, 0.2) is 30.5 Å². The molecule has 0 aliphatic carbocycles. The molecule has 2 aromatic rings. The number of nitrogen functional groups attached to an aromatic ring is 1. The topological polar surface area (TPSA) is 59.1 Å². The minimum Gasteiger partial charge on any atom is -0.387 e. The van der Waals surface area contributed by atoms with Crippen LogP contribution in [0.4, 0.5) is 5.82 Å². The Morgan fingerprint density at radius 3 is 2.88 bits per heavy atom. The van der Waals surface area contributed by atoms with Crippen LogP contribution in [0, 0.1) is 0 Å². The summed E-state index contributed by atoms with van der Waals surface area (Å²) in [6.07, 6.45) is 2.81. The molecule has 2 aromatic heterocycles. The van der Waals surface area contributed by atoms with Crippen molar-refractivity contribution in [1.82, 2.24) is 4.98 Å². The molecule has 90 valence electrons. The molecule has 1 unspecified atom stereocenters. The van der Waals surface area contributed by atoms with Crippen LogP contribution in [-0.2, 0) is 12.8 Å². The van der Waals surface area contributed by atoms with Crippen molar-refractivity contribution in [2.75, 3.05) is 5.73 Å². The third-order valence-electron chi connectivity index (χ3n) is 2.63. The van der Waals surface area contributed by atoms with Gasteiger partial charge in [-0.15, -0.1) is 11.3 Å². The SMILES string of the molecule is CCc1ccc(C(O)Cc2ccnc(N)c2)s1. The van der Waals surface area contributed by atoms with Crippen LogP contribution < -0.4 is 5.73 Å². The number of nitrogens with zero attached hydrogens (tertiary/aromatic N) is 1. The van der Waals surface area contributed by atoms with Crippen molar-refractivity contribution in [3.05, 3.63) is 45.8 Å². The molecule has 0 amide bonds. The number of aromatic nitrogens is 1. The lowest BCUT2D eigenvalue weighted by atomic mass is 10.1. The number of thiophene rings is 1. The van der Waals surface area contributed by atoms with Gasteiger partial charge in [0.1, 0.15) is 5.82 Å². The van der Waals surface area contributed by atoms with Crippen LogP contribution >= 0.6 is 11.3 Å². The van der Waals surface area contributed by atoms with E-state index < -0.39 is 6.10 Å². The van der Waals surface area contributed by atoms with E-state index in [9.17, 15) is 5.11 Å². The van der Waals surface area contributed by atoms with E-state index in [2.05, 4.69) is 18.0 Å². The number of rotatable bonds is 4. The van der Waals surface area contributed by atoms with Gasteiger partial charge in [-0.1, -0.05) is 6.92 Å². The summed E-state index contributed by atoms with van der Waals surface area (Å²) in [5.41, 5.74) is 6.62. The van der Waals surface area contributed by atoms with E-state index in [0.717, 1.165) is 16.9 Å². The molecular formula is C13H16N2OS. The molecule has 0 bridgehead atoms. The molecule has 3 nitrogen and oxygen atoms in total. The Balaban J connectivity index is 2.08. The Morgan fingerprint density at radius 2 is 2.24 bits per heavy atom. The number of nitrogens with two attached hydrogens (primary N) is 1. The lowest BCUT2D eigenvalue weighted by molar-refractivity contribution is 0.182. The maximum absolute atomic E-state index is 10.1. The zero-order valence-electron chi connectivity index (χ0n) is 9.76. The number of aliphatic hydroxyl groups excluding tert-OH is 1. The van der Waals surface area contributed by atoms with Gasteiger partial charge in [0.05, 0.1) is 6.10 Å². The van der Waals surface area contributed by atoms with Crippen molar-refractivity contribution in [3.8, 4) is 0 Å². The second-order valence-electron chi connectivity index (χ2n) is 3.97. The average Bonchev–Trinajstić information content (AvgIpc) is 2.77. The third kappa shape index (κ3) is 3.05. The number of aryl methyl sites for hydroxylation is 1. The Morgan fingerprint density at radius 1 is 1.41 bits per heavy atom. The van der Waals surface area contributed by atoms with Crippen molar-refractivity contribution in [2.24, 2.45) is 0 Å². The smallest absolute Gasteiger partial charge is 0.123 e. The molecule has 3 N–H and O–H groups in total. The van der Waals surface area contributed by atoms with Gasteiger partial charge in [-0.25, -0.2) is 4.98 Å². The third-order valence-corrected chi connectivity index (χ3v) is 3.96. The highest BCUT2D eigenvalue weighted by molar-refractivity contribution is 7.12. The summed E-state index contributed by atoms with van der Waals surface area (Å²) in [6, 6.07) is 7.76. The highest BCUT2D eigenvalue weighted by Gasteiger charge is 2.11. The van der Waals surface area contributed by atoms with Gasteiger partial charge < -0.3 is 10.8 Å². The maximum atomic E-state index is 10.1. The average molecular weight is 248 g/mol. The summed E-state index contributed by atoms with van der Waals surface area (Å²) in [5, 5.41) is 10.1. The molecule has 0 aliphatic heterocycles. The van der Waals surface area contributed by atoms with Crippen LogP contribution in [0.2, 0.25) is 0 Å². The van der Waals surface area contributed by atoms with Crippen LogP contribution in [0.25, 0.3) is 0 Å². The lowest BCUT2D eigenvalue weighted by Crippen LogP contribution is -2.00. The van der Waals surface area contributed by atoms with E-state index in [4.69, 9.17) is 5.73 Å². The molecular weight excluding hydrogens is 232 g/mol. The van der Waals surface area contributed by atoms with Gasteiger partial charge in [0.2, 0.25) is 0 Å². The first-order chi connectivity index (χ1) is 8.19. The van der Waals surface area contributed by atoms with Crippen molar-refractivity contribution in [3.63, 3.8) is 0 Å². The van der Waals surface area contributed by atoms with Gasteiger partial charge in [-0.2, -0.15) is 0 Å². The molecule has 2 heterocycles. The summed E-state index contributed by atoms with van der Waals surface area (Å²) in [6.45, 7) is 2.12. The minimum atomic E-state index is -0.456. The molecule has 0 saturated carbocycles. The highest BCUT2D eigenvalue weighted by Crippen LogP contribution is 2.26. The van der Waals surface area contributed by atoms with Gasteiger partial charge in [0.25, 0.3) is 0 Å². The number of hydrogen-bond donors (Lipinski definition) is 2. The molecule has 2 rings (SSSR count). The normalized spacial score (nSPS) is 12.6. The van der Waals surface area contributed by atoms with E-state index in [1.165, 1.54) is 4.88 Å². The molecule has 0 aromatic carbocycles. The zero-order valence-corrected chi connectivity index (χ0v) is 10.6. The predicted octanol–water partition coefficient (Wildman–Crippen LogP) is 2.56. The second kappa shape index (κ2) is 5.29. The first-order valence-electron chi connectivity index (χ1n) is 5.66. The number of hydrogen-bond acceptors (Lipinski definition) is 4. The van der Waals surface area contributed by atoms with E-state index in [1.54, 1.807) is 23.6 Å². The van der Waals surface area contributed by atoms with Gasteiger partial charge in [0, 0.05) is 22.4 Å². The van der Waals surface area contributed by atoms with Crippen molar-refractivity contribution in [1.29, 1.82) is 0 Å². The van der Waals surface area contributed by atoms with E-state index in [-0.39, 0.29) is 0 Å². The number of pyridine rings is 1. The fourth-order valence-electron chi connectivity index (χ4n) is 1.71. The van der Waals surface area contributed by atoms with Crippen molar-refractivity contribution in [2.45, 2.75) is 25.9 Å². The molecule has 0 saturated heterocycles. The molecule has 0 aliphatic rings. The summed E-state index contributed by atoms with van der Waals surface area (Å²) >= 11 is 1.67. The predicted molar refractivity (Wildman–Crippen MR) is 71.0 cm³/mol. The Labute approximate surface area is 105 Å². The molecule has 0 spiro atoms. The first kappa shape index (κ1) is 12.1. The lowest BCUT2D eigenvalue weighted by Gasteiger charge is -2.08. The Kier molecular flexibility index (Phi) is 3.76. The van der Waals surface area contributed by atoms with E-state index >= 15 is 0 Å². The van der Waals surface area contributed by atoms with E-state index in [1.807, 2.05) is 12.1 Å². The summed E-state index contributed by atoms with van der Waals surface area (Å²) < 4.78 is 0. The second-order valence-corrected chi connectivity index (χ2v) is 5.17. The first-order valence-corrected chi connectivity index (χ1v) is 6.47. The van der Waals surface area contributed by atoms with Gasteiger partial charge >= 0.3 is 0 Å². The Bertz CT molecular complexity index is 496. The summed E-state index contributed by atoms with van der Waals surface area (Å²) in [7, 11) is 0. The van der Waals surface area contributed by atoms with Crippen LogP contribution in [0.3, 0.4) is 0 Å². The molecule has 1 atom stereocenters. The standard InChI is InChI=1S/C13H16N2OS/c1-2-10-3-4-12(17-10)11(16)7-9-5-6-15-13(14)8-9/h3-6,8,11,16H,2,7H2,1H3,(H2,14,15). The molecule has 0 radical (unpaired) electrons. The maximum Gasteiger partial charge on any atom is 0.123 e. The van der Waals surface area contributed by atoms with E-state index in [0.29, 0.717) is 12.2 Å². The van der Waals surface area contributed by atoms with Crippen LogP contribution in [0.1, 0.15) is 28.3 Å². The highest BCUT2D eigenvalue weighted by atomic mass is 32.1. The van der Waals surface area contributed by atoms with Crippen LogP contribution in [0.5, 0.6) is 0 Å². The monoisotopic (exact) mass is 248 g/mol. The zero-order chi connectivity index (χ0) is 12.3. The summed E-state index contributed by atoms with van der Waals surface area (Å²) in [4.78, 5) is 6.25. The van der Waals surface area contributed by atoms with Crippen molar-refractivity contribution < 1.29 is 5.11 Å². The van der Waals surface area contributed by atoms with Gasteiger partial charge in [-0.05, 0) is 36.2 Å². The van der Waals surface area contributed by atoms with Crippen LogP contribution in [-0.4, -0.2) is 10.1 Å². The number of aliphatic hydroxyl groups is 1. The largest absolute Gasteiger partial charge is 0.387 e.